The van der Waals surface area contributed by atoms with E-state index in [0.717, 1.165) is 12.8 Å². The summed E-state index contributed by atoms with van der Waals surface area (Å²) in [6.45, 7) is 1.11. The molecule has 1 aliphatic rings. The maximum Gasteiger partial charge on any atom is 0.246 e. The summed E-state index contributed by atoms with van der Waals surface area (Å²) < 4.78 is 26.7. The highest BCUT2D eigenvalue weighted by Gasteiger charge is 2.30. The Morgan fingerprint density at radius 2 is 2.00 bits per heavy atom. The van der Waals surface area contributed by atoms with E-state index in [1.807, 2.05) is 0 Å². The number of anilines is 1. The van der Waals surface area contributed by atoms with E-state index in [9.17, 15) is 8.42 Å². The van der Waals surface area contributed by atoms with E-state index >= 15 is 0 Å². The minimum Gasteiger partial charge on any atom is -0.322 e. The molecule has 0 unspecified atom stereocenters. The van der Waals surface area contributed by atoms with Crippen LogP contribution in [0.5, 0.6) is 0 Å². The van der Waals surface area contributed by atoms with E-state index in [1.54, 1.807) is 0 Å². The predicted octanol–water partition coefficient (Wildman–Crippen LogP) is 0.914. The summed E-state index contributed by atoms with van der Waals surface area (Å²) in [6, 6.07) is 0. The first-order valence-corrected chi connectivity index (χ1v) is 7.41. The molecule has 1 aromatic rings. The van der Waals surface area contributed by atoms with Crippen molar-refractivity contribution in [2.45, 2.75) is 17.7 Å². The van der Waals surface area contributed by atoms with Gasteiger partial charge in [-0.1, -0.05) is 0 Å². The van der Waals surface area contributed by atoms with Crippen LogP contribution >= 0.6 is 15.9 Å². The average molecular weight is 321 g/mol. The van der Waals surface area contributed by atoms with Gasteiger partial charge in [-0.05, 0) is 28.8 Å². The number of aromatic nitrogens is 1. The Labute approximate surface area is 108 Å². The zero-order chi connectivity index (χ0) is 12.5. The van der Waals surface area contributed by atoms with Crippen molar-refractivity contribution in [2.24, 2.45) is 5.84 Å². The van der Waals surface area contributed by atoms with Gasteiger partial charge in [0.25, 0.3) is 0 Å². The van der Waals surface area contributed by atoms with Gasteiger partial charge in [0.15, 0.2) is 0 Å². The molecule has 0 bridgehead atoms. The number of hydrazine groups is 1. The van der Waals surface area contributed by atoms with Crippen molar-refractivity contribution in [3.63, 3.8) is 0 Å². The summed E-state index contributed by atoms with van der Waals surface area (Å²) in [7, 11) is -3.51. The van der Waals surface area contributed by atoms with Crippen LogP contribution in [-0.4, -0.2) is 30.8 Å². The summed E-state index contributed by atoms with van der Waals surface area (Å²) in [5, 5.41) is 0. The molecule has 0 aromatic carbocycles. The quantitative estimate of drug-likeness (QED) is 0.638. The van der Waals surface area contributed by atoms with E-state index < -0.39 is 10.0 Å². The topological polar surface area (TPSA) is 88.3 Å². The second-order valence-corrected chi connectivity index (χ2v) is 6.51. The largest absolute Gasteiger partial charge is 0.322 e. The van der Waals surface area contributed by atoms with Gasteiger partial charge >= 0.3 is 0 Å². The minimum absolute atomic E-state index is 0.108. The predicted molar refractivity (Wildman–Crippen MR) is 67.7 cm³/mol. The Morgan fingerprint density at radius 3 is 2.59 bits per heavy atom. The summed E-state index contributed by atoms with van der Waals surface area (Å²) in [6.07, 6.45) is 4.60. The van der Waals surface area contributed by atoms with Crippen LogP contribution in [0.3, 0.4) is 0 Å². The van der Waals surface area contributed by atoms with Crippen molar-refractivity contribution in [1.29, 1.82) is 0 Å². The lowest BCUT2D eigenvalue weighted by Crippen LogP contribution is -2.29. The standard InChI is InChI=1S/C9H13BrN4O2S/c10-7-5-12-6-8(9(7)13-11)17(15,16)14-3-1-2-4-14/h5-6H,1-4,11H2,(H,12,13). The van der Waals surface area contributed by atoms with Crippen molar-refractivity contribution in [3.05, 3.63) is 16.9 Å². The van der Waals surface area contributed by atoms with Crippen LogP contribution < -0.4 is 11.3 Å². The molecule has 0 radical (unpaired) electrons. The number of halogens is 1. The number of pyridine rings is 1. The van der Waals surface area contributed by atoms with Gasteiger partial charge in [-0.3, -0.25) is 10.8 Å². The fourth-order valence-corrected chi connectivity index (χ4v) is 4.04. The van der Waals surface area contributed by atoms with Gasteiger partial charge < -0.3 is 5.43 Å². The fraction of sp³-hybridized carbons (Fsp3) is 0.444. The van der Waals surface area contributed by atoms with Gasteiger partial charge in [-0.25, -0.2) is 8.42 Å². The van der Waals surface area contributed by atoms with Crippen molar-refractivity contribution in [3.8, 4) is 0 Å². The van der Waals surface area contributed by atoms with E-state index in [4.69, 9.17) is 5.84 Å². The highest BCUT2D eigenvalue weighted by Crippen LogP contribution is 2.31. The Kier molecular flexibility index (Phi) is 3.67. The van der Waals surface area contributed by atoms with Gasteiger partial charge in [0.1, 0.15) is 4.90 Å². The van der Waals surface area contributed by atoms with Crippen molar-refractivity contribution < 1.29 is 8.42 Å². The molecule has 3 N–H and O–H groups in total. The number of nitrogens with two attached hydrogens (primary N) is 1. The number of nitrogen functional groups attached to an aromatic ring is 1. The first kappa shape index (κ1) is 12.7. The Balaban J connectivity index is 2.49. The van der Waals surface area contributed by atoms with E-state index in [0.29, 0.717) is 23.2 Å². The van der Waals surface area contributed by atoms with Gasteiger partial charge in [0.2, 0.25) is 10.0 Å². The third-order valence-electron chi connectivity index (χ3n) is 2.69. The number of rotatable bonds is 3. The fourth-order valence-electron chi connectivity index (χ4n) is 1.82. The van der Waals surface area contributed by atoms with Crippen molar-refractivity contribution in [1.82, 2.24) is 9.29 Å². The summed E-state index contributed by atoms with van der Waals surface area (Å²) in [4.78, 5) is 3.99. The molecular weight excluding hydrogens is 308 g/mol. The highest BCUT2D eigenvalue weighted by molar-refractivity contribution is 9.10. The van der Waals surface area contributed by atoms with Crippen molar-refractivity contribution >= 4 is 31.6 Å². The van der Waals surface area contributed by atoms with Gasteiger partial charge in [0.05, 0.1) is 10.2 Å². The number of nitrogens with one attached hydrogen (secondary N) is 1. The van der Waals surface area contributed by atoms with E-state index in [2.05, 4.69) is 26.3 Å². The zero-order valence-corrected chi connectivity index (χ0v) is 11.5. The number of nitrogens with zero attached hydrogens (tertiary/aromatic N) is 2. The summed E-state index contributed by atoms with van der Waals surface area (Å²) >= 11 is 3.22. The smallest absolute Gasteiger partial charge is 0.246 e. The number of hydrogen-bond acceptors (Lipinski definition) is 5. The van der Waals surface area contributed by atoms with Crippen LogP contribution in [0.2, 0.25) is 0 Å². The summed E-state index contributed by atoms with van der Waals surface area (Å²) in [5.41, 5.74) is 2.74. The molecule has 6 nitrogen and oxygen atoms in total. The molecule has 1 saturated heterocycles. The lowest BCUT2D eigenvalue weighted by atomic mass is 10.4. The first-order valence-electron chi connectivity index (χ1n) is 5.17. The third kappa shape index (κ3) is 2.30. The Hall–Kier alpha value is -0.700. The molecular formula is C9H13BrN4O2S. The molecule has 0 saturated carbocycles. The van der Waals surface area contributed by atoms with Gasteiger partial charge in [0, 0.05) is 25.5 Å². The second kappa shape index (κ2) is 4.89. The maximum absolute atomic E-state index is 12.3. The third-order valence-corrected chi connectivity index (χ3v) is 5.20. The maximum atomic E-state index is 12.3. The van der Waals surface area contributed by atoms with E-state index in [-0.39, 0.29) is 4.90 Å². The molecule has 1 aromatic heterocycles. The van der Waals surface area contributed by atoms with Crippen LogP contribution in [0.15, 0.2) is 21.8 Å². The Morgan fingerprint density at radius 1 is 1.35 bits per heavy atom. The molecule has 94 valence electrons. The van der Waals surface area contributed by atoms with Crippen LogP contribution in [0, 0.1) is 0 Å². The van der Waals surface area contributed by atoms with Crippen LogP contribution in [-0.2, 0) is 10.0 Å². The lowest BCUT2D eigenvalue weighted by molar-refractivity contribution is 0.477. The van der Waals surface area contributed by atoms with Crippen LogP contribution in [0.1, 0.15) is 12.8 Å². The Bertz CT molecular complexity index is 514. The normalized spacial score (nSPS) is 17.3. The van der Waals surface area contributed by atoms with Crippen LogP contribution in [0.25, 0.3) is 0 Å². The number of sulfonamides is 1. The molecule has 1 aliphatic heterocycles. The zero-order valence-electron chi connectivity index (χ0n) is 9.06. The van der Waals surface area contributed by atoms with Crippen molar-refractivity contribution in [2.75, 3.05) is 18.5 Å². The molecule has 0 amide bonds. The minimum atomic E-state index is -3.51. The first-order chi connectivity index (χ1) is 8.07. The molecule has 2 rings (SSSR count). The van der Waals surface area contributed by atoms with Crippen LogP contribution in [0.4, 0.5) is 5.69 Å². The highest BCUT2D eigenvalue weighted by atomic mass is 79.9. The average Bonchev–Trinajstić information content (AvgIpc) is 2.82. The molecule has 0 spiro atoms. The van der Waals surface area contributed by atoms with Gasteiger partial charge in [-0.2, -0.15) is 4.31 Å². The van der Waals surface area contributed by atoms with Gasteiger partial charge in [-0.15, -0.1) is 0 Å². The van der Waals surface area contributed by atoms with E-state index in [1.165, 1.54) is 16.7 Å². The molecule has 17 heavy (non-hydrogen) atoms. The number of hydrogen-bond donors (Lipinski definition) is 2. The molecule has 2 heterocycles. The lowest BCUT2D eigenvalue weighted by Gasteiger charge is -2.18. The molecule has 8 heteroatoms. The molecule has 1 fully saturated rings. The SMILES string of the molecule is NNc1c(Br)cncc1S(=O)(=O)N1CCCC1. The summed E-state index contributed by atoms with van der Waals surface area (Å²) in [5.74, 6) is 5.36. The molecule has 0 atom stereocenters. The molecule has 0 aliphatic carbocycles. The second-order valence-electron chi connectivity index (χ2n) is 3.75. The monoisotopic (exact) mass is 320 g/mol.